The minimum absolute atomic E-state index is 0.140. The Balaban J connectivity index is 1.63. The number of ether oxygens (including phenoxy) is 1. The molecular weight excluding hydrogens is 386 g/mol. The summed E-state index contributed by atoms with van der Waals surface area (Å²) in [7, 11) is 0. The fraction of sp³-hybridized carbons (Fsp3) is 0.444. The first-order valence-corrected chi connectivity index (χ1v) is 11.7. The Hall–Kier alpha value is -2.75. The minimum Gasteiger partial charge on any atom is -0.493 e. The van der Waals surface area contributed by atoms with E-state index in [0.29, 0.717) is 12.3 Å². The van der Waals surface area contributed by atoms with Gasteiger partial charge in [-0.2, -0.15) is 0 Å². The van der Waals surface area contributed by atoms with Crippen LogP contribution in [-0.4, -0.2) is 22.2 Å². The summed E-state index contributed by atoms with van der Waals surface area (Å²) in [6.07, 6.45) is 10.3. The van der Waals surface area contributed by atoms with Crippen molar-refractivity contribution in [2.75, 3.05) is 6.61 Å². The number of aryl methyl sites for hydroxylation is 2. The number of fused-ring (bicyclic) bond motifs is 1. The van der Waals surface area contributed by atoms with Crippen molar-refractivity contribution in [3.63, 3.8) is 0 Å². The zero-order valence-corrected chi connectivity index (χ0v) is 18.5. The van der Waals surface area contributed by atoms with Crippen molar-refractivity contribution >= 4 is 16.9 Å². The fourth-order valence-corrected chi connectivity index (χ4v) is 4.61. The van der Waals surface area contributed by atoms with Crippen molar-refractivity contribution in [2.45, 2.75) is 64.8 Å². The Labute approximate surface area is 184 Å². The van der Waals surface area contributed by atoms with Crippen molar-refractivity contribution in [3.05, 3.63) is 54.2 Å². The molecule has 0 aliphatic heterocycles. The van der Waals surface area contributed by atoms with Crippen LogP contribution in [0.1, 0.15) is 57.4 Å². The molecule has 0 atom stereocenters. The molecule has 0 saturated heterocycles. The standard InChI is InChI=1S/C27H33NO3/c1-2-3-15-28-16-14-23-18-22(10-11-25(23)28)24-17-20(9-13-27(29)30)8-12-26(24)31-19-21-6-4-5-7-21/h8,10-12,14,16-18,21H,2-7,9,13,15,19H2,1H3,(H,29,30). The van der Waals surface area contributed by atoms with Crippen LogP contribution >= 0.6 is 0 Å². The van der Waals surface area contributed by atoms with Crippen LogP contribution in [0.4, 0.5) is 0 Å². The second-order valence-corrected chi connectivity index (χ2v) is 8.82. The highest BCUT2D eigenvalue weighted by Gasteiger charge is 2.17. The first-order chi connectivity index (χ1) is 15.1. The molecule has 1 saturated carbocycles. The number of hydrogen-bond acceptors (Lipinski definition) is 2. The molecule has 1 aromatic heterocycles. The monoisotopic (exact) mass is 419 g/mol. The summed E-state index contributed by atoms with van der Waals surface area (Å²) in [5.74, 6) is 0.781. The summed E-state index contributed by atoms with van der Waals surface area (Å²) >= 11 is 0. The molecule has 164 valence electrons. The Morgan fingerprint density at radius 3 is 2.74 bits per heavy atom. The number of carboxylic acids is 1. The predicted octanol–water partition coefficient (Wildman–Crippen LogP) is 6.69. The van der Waals surface area contributed by atoms with Gasteiger partial charge in [-0.05, 0) is 73.1 Å². The normalized spacial score (nSPS) is 14.4. The van der Waals surface area contributed by atoms with E-state index in [1.54, 1.807) is 0 Å². The third-order valence-corrected chi connectivity index (χ3v) is 6.46. The van der Waals surface area contributed by atoms with Crippen molar-refractivity contribution in [1.82, 2.24) is 4.57 Å². The topological polar surface area (TPSA) is 51.5 Å². The molecule has 4 rings (SSSR count). The van der Waals surface area contributed by atoms with Crippen LogP contribution < -0.4 is 4.74 Å². The highest BCUT2D eigenvalue weighted by atomic mass is 16.5. The largest absolute Gasteiger partial charge is 0.493 e. The lowest BCUT2D eigenvalue weighted by Gasteiger charge is -2.16. The Bertz CT molecular complexity index is 1030. The second kappa shape index (κ2) is 10.0. The molecule has 1 fully saturated rings. The van der Waals surface area contributed by atoms with E-state index >= 15 is 0 Å². The third-order valence-electron chi connectivity index (χ3n) is 6.46. The number of aromatic nitrogens is 1. The van der Waals surface area contributed by atoms with Gasteiger partial charge in [0.05, 0.1) is 6.61 Å². The first kappa shape index (κ1) is 21.5. The summed E-state index contributed by atoms with van der Waals surface area (Å²) in [6.45, 7) is 4.02. The summed E-state index contributed by atoms with van der Waals surface area (Å²) in [6, 6.07) is 14.9. The Morgan fingerprint density at radius 2 is 1.97 bits per heavy atom. The van der Waals surface area contributed by atoms with Crippen LogP contribution in [0.15, 0.2) is 48.7 Å². The van der Waals surface area contributed by atoms with Crippen molar-refractivity contribution in [2.24, 2.45) is 5.92 Å². The first-order valence-electron chi connectivity index (χ1n) is 11.7. The Kier molecular flexibility index (Phi) is 6.96. The molecule has 1 aliphatic rings. The van der Waals surface area contributed by atoms with Crippen LogP contribution in [0, 0.1) is 5.92 Å². The maximum Gasteiger partial charge on any atom is 0.303 e. The number of benzene rings is 2. The van der Waals surface area contributed by atoms with E-state index in [0.717, 1.165) is 35.6 Å². The molecule has 0 radical (unpaired) electrons. The van der Waals surface area contributed by atoms with E-state index in [1.807, 2.05) is 12.1 Å². The summed E-state index contributed by atoms with van der Waals surface area (Å²) in [5.41, 5.74) is 4.47. The third kappa shape index (κ3) is 5.30. The van der Waals surface area contributed by atoms with Gasteiger partial charge in [0.2, 0.25) is 0 Å². The van der Waals surface area contributed by atoms with E-state index in [2.05, 4.69) is 48.0 Å². The molecule has 1 heterocycles. The average Bonchev–Trinajstić information content (AvgIpc) is 3.44. The fourth-order valence-electron chi connectivity index (χ4n) is 4.61. The lowest BCUT2D eigenvalue weighted by Crippen LogP contribution is -2.09. The number of carboxylic acid groups (broad SMARTS) is 1. The number of unbranched alkanes of at least 4 members (excludes halogenated alkanes) is 1. The molecule has 2 aromatic carbocycles. The van der Waals surface area contributed by atoms with Gasteiger partial charge in [0, 0.05) is 35.6 Å². The van der Waals surface area contributed by atoms with Crippen LogP contribution in [0.2, 0.25) is 0 Å². The number of hydrogen-bond donors (Lipinski definition) is 1. The van der Waals surface area contributed by atoms with Crippen molar-refractivity contribution in [1.29, 1.82) is 0 Å². The summed E-state index contributed by atoms with van der Waals surface area (Å²) in [5, 5.41) is 10.3. The van der Waals surface area contributed by atoms with E-state index in [4.69, 9.17) is 9.84 Å². The van der Waals surface area contributed by atoms with Gasteiger partial charge in [0.15, 0.2) is 0 Å². The summed E-state index contributed by atoms with van der Waals surface area (Å²) in [4.78, 5) is 11.0. The molecular formula is C27H33NO3. The van der Waals surface area contributed by atoms with Crippen molar-refractivity contribution in [3.8, 4) is 16.9 Å². The zero-order valence-electron chi connectivity index (χ0n) is 18.5. The van der Waals surface area contributed by atoms with Gasteiger partial charge < -0.3 is 14.4 Å². The zero-order chi connectivity index (χ0) is 21.6. The molecule has 1 N–H and O–H groups in total. The quantitative estimate of drug-likeness (QED) is 0.398. The van der Waals surface area contributed by atoms with Gasteiger partial charge in [-0.1, -0.05) is 38.3 Å². The molecule has 1 aliphatic carbocycles. The second-order valence-electron chi connectivity index (χ2n) is 8.82. The molecule has 0 bridgehead atoms. The van der Waals surface area contributed by atoms with Gasteiger partial charge in [-0.3, -0.25) is 4.79 Å². The van der Waals surface area contributed by atoms with Gasteiger partial charge in [0.25, 0.3) is 0 Å². The predicted molar refractivity (Wildman–Crippen MR) is 126 cm³/mol. The molecule has 3 aromatic rings. The highest BCUT2D eigenvalue weighted by molar-refractivity contribution is 5.87. The maximum absolute atomic E-state index is 11.0. The average molecular weight is 420 g/mol. The molecule has 31 heavy (non-hydrogen) atoms. The molecule has 4 nitrogen and oxygen atoms in total. The Morgan fingerprint density at radius 1 is 1.13 bits per heavy atom. The number of nitrogens with zero attached hydrogens (tertiary/aromatic N) is 1. The van der Waals surface area contributed by atoms with Crippen molar-refractivity contribution < 1.29 is 14.6 Å². The van der Waals surface area contributed by atoms with E-state index < -0.39 is 5.97 Å². The van der Waals surface area contributed by atoms with Crippen LogP contribution in [0.25, 0.3) is 22.0 Å². The molecule has 0 unspecified atom stereocenters. The van der Waals surface area contributed by atoms with Gasteiger partial charge in [-0.25, -0.2) is 0 Å². The lowest BCUT2D eigenvalue weighted by molar-refractivity contribution is -0.136. The highest BCUT2D eigenvalue weighted by Crippen LogP contribution is 2.35. The van der Waals surface area contributed by atoms with Gasteiger partial charge in [0.1, 0.15) is 5.75 Å². The molecule has 4 heteroatoms. The van der Waals surface area contributed by atoms with E-state index in [9.17, 15) is 4.79 Å². The smallest absolute Gasteiger partial charge is 0.303 e. The SMILES string of the molecule is CCCCn1ccc2cc(-c3cc(CCC(=O)O)ccc3OCC3CCCC3)ccc21. The van der Waals surface area contributed by atoms with E-state index in [1.165, 1.54) is 49.4 Å². The number of rotatable bonds is 10. The summed E-state index contributed by atoms with van der Waals surface area (Å²) < 4.78 is 8.63. The lowest BCUT2D eigenvalue weighted by atomic mass is 9.98. The number of aliphatic carboxylic acids is 1. The van der Waals surface area contributed by atoms with Crippen LogP contribution in [-0.2, 0) is 17.8 Å². The maximum atomic E-state index is 11.0. The minimum atomic E-state index is -0.766. The molecule has 0 amide bonds. The molecule has 0 spiro atoms. The van der Waals surface area contributed by atoms with Crippen LogP contribution in [0.3, 0.4) is 0 Å². The van der Waals surface area contributed by atoms with Gasteiger partial charge >= 0.3 is 5.97 Å². The number of carbonyl (C=O) groups is 1. The van der Waals surface area contributed by atoms with Gasteiger partial charge in [-0.15, -0.1) is 0 Å². The van der Waals surface area contributed by atoms with E-state index in [-0.39, 0.29) is 6.42 Å². The van der Waals surface area contributed by atoms with Crippen LogP contribution in [0.5, 0.6) is 5.75 Å².